The molecule has 0 amide bonds. The van der Waals surface area contributed by atoms with Gasteiger partial charge in [-0.3, -0.25) is 4.90 Å². The zero-order valence-electron chi connectivity index (χ0n) is 18.9. The standard InChI is InChI=1S/C26H28N2O5S/c29-34(30,23-11-12-25-26(19-23)32-18-6-17-31-25)28-15-13-27(14-16-28)20-21-7-4-5-10-24(21)33-22-8-2-1-3-9-22/h1-5,7-12,19H,6,13-18,20H2. The van der Waals surface area contributed by atoms with E-state index in [1.54, 1.807) is 22.5 Å². The Morgan fingerprint density at radius 3 is 2.29 bits per heavy atom. The number of piperazine rings is 1. The minimum absolute atomic E-state index is 0.242. The average molecular weight is 481 g/mol. The summed E-state index contributed by atoms with van der Waals surface area (Å²) in [5, 5.41) is 0. The van der Waals surface area contributed by atoms with Crippen molar-refractivity contribution in [1.82, 2.24) is 9.21 Å². The number of benzene rings is 3. The predicted octanol–water partition coefficient (Wildman–Crippen LogP) is 4.15. The molecule has 7 nitrogen and oxygen atoms in total. The van der Waals surface area contributed by atoms with Gasteiger partial charge >= 0.3 is 0 Å². The molecule has 0 bridgehead atoms. The smallest absolute Gasteiger partial charge is 0.243 e. The Labute approximate surface area is 200 Å². The van der Waals surface area contributed by atoms with Crippen LogP contribution in [0, 0.1) is 0 Å². The molecular weight excluding hydrogens is 452 g/mol. The van der Waals surface area contributed by atoms with Crippen LogP contribution in [0.2, 0.25) is 0 Å². The van der Waals surface area contributed by atoms with Gasteiger partial charge in [-0.1, -0.05) is 36.4 Å². The number of sulfonamides is 1. The molecule has 0 atom stereocenters. The van der Waals surface area contributed by atoms with Crippen LogP contribution < -0.4 is 14.2 Å². The lowest BCUT2D eigenvalue weighted by molar-refractivity contribution is 0.180. The summed E-state index contributed by atoms with van der Waals surface area (Å²) in [4.78, 5) is 2.50. The van der Waals surface area contributed by atoms with Crippen LogP contribution in [0.25, 0.3) is 0 Å². The molecule has 2 aliphatic rings. The summed E-state index contributed by atoms with van der Waals surface area (Å²) in [6.45, 7) is 3.93. The fourth-order valence-corrected chi connectivity index (χ4v) is 5.61. The highest BCUT2D eigenvalue weighted by Gasteiger charge is 2.30. The Morgan fingerprint density at radius 2 is 1.50 bits per heavy atom. The highest BCUT2D eigenvalue weighted by molar-refractivity contribution is 7.89. The average Bonchev–Trinajstić information content (AvgIpc) is 3.11. The largest absolute Gasteiger partial charge is 0.490 e. The maximum absolute atomic E-state index is 13.3. The van der Waals surface area contributed by atoms with Gasteiger partial charge in [0.2, 0.25) is 10.0 Å². The van der Waals surface area contributed by atoms with Crippen LogP contribution in [0.15, 0.2) is 77.7 Å². The van der Waals surface area contributed by atoms with Crippen molar-refractivity contribution in [2.24, 2.45) is 0 Å². The monoisotopic (exact) mass is 480 g/mol. The van der Waals surface area contributed by atoms with Gasteiger partial charge in [0.25, 0.3) is 0 Å². The first-order valence-electron chi connectivity index (χ1n) is 11.5. The third-order valence-corrected chi connectivity index (χ3v) is 7.92. The quantitative estimate of drug-likeness (QED) is 0.528. The van der Waals surface area contributed by atoms with Gasteiger partial charge in [-0.15, -0.1) is 0 Å². The zero-order chi connectivity index (χ0) is 23.4. The number of rotatable bonds is 6. The van der Waals surface area contributed by atoms with E-state index in [1.807, 2.05) is 48.5 Å². The second-order valence-electron chi connectivity index (χ2n) is 8.36. The molecule has 1 saturated heterocycles. The van der Waals surface area contributed by atoms with Crippen molar-refractivity contribution in [1.29, 1.82) is 0 Å². The van der Waals surface area contributed by atoms with E-state index in [-0.39, 0.29) is 4.90 Å². The topological polar surface area (TPSA) is 68.3 Å². The van der Waals surface area contributed by atoms with Gasteiger partial charge in [0, 0.05) is 50.8 Å². The molecule has 1 fully saturated rings. The van der Waals surface area contributed by atoms with Crippen molar-refractivity contribution in [3.8, 4) is 23.0 Å². The van der Waals surface area contributed by atoms with E-state index in [1.165, 1.54) is 0 Å². The van der Waals surface area contributed by atoms with Crippen LogP contribution in [-0.2, 0) is 16.6 Å². The first-order valence-corrected chi connectivity index (χ1v) is 13.0. The summed E-state index contributed by atoms with van der Waals surface area (Å²) >= 11 is 0. The minimum Gasteiger partial charge on any atom is -0.490 e. The van der Waals surface area contributed by atoms with Crippen molar-refractivity contribution >= 4 is 10.0 Å². The van der Waals surface area contributed by atoms with E-state index in [2.05, 4.69) is 11.0 Å². The fraction of sp³-hybridized carbons (Fsp3) is 0.308. The van der Waals surface area contributed by atoms with E-state index in [9.17, 15) is 8.42 Å². The van der Waals surface area contributed by atoms with E-state index in [0.717, 1.165) is 23.5 Å². The molecular formula is C26H28N2O5S. The highest BCUT2D eigenvalue weighted by Crippen LogP contribution is 2.33. The first kappa shape index (κ1) is 22.7. The second kappa shape index (κ2) is 10.0. The maximum Gasteiger partial charge on any atom is 0.243 e. The first-order chi connectivity index (χ1) is 16.6. The number of fused-ring (bicyclic) bond motifs is 1. The molecule has 178 valence electrons. The summed E-state index contributed by atoms with van der Waals surface area (Å²) in [6.07, 6.45) is 0.776. The Hall–Kier alpha value is -3.07. The van der Waals surface area contributed by atoms with Gasteiger partial charge in [-0.2, -0.15) is 4.31 Å². The lowest BCUT2D eigenvalue weighted by atomic mass is 10.1. The van der Waals surface area contributed by atoms with Gasteiger partial charge in [-0.05, 0) is 30.3 Å². The van der Waals surface area contributed by atoms with Gasteiger partial charge in [0.15, 0.2) is 11.5 Å². The normalized spacial score (nSPS) is 17.2. The van der Waals surface area contributed by atoms with Crippen LogP contribution >= 0.6 is 0 Å². The number of nitrogens with zero attached hydrogens (tertiary/aromatic N) is 2. The number of hydrogen-bond donors (Lipinski definition) is 0. The molecule has 0 N–H and O–H groups in total. The molecule has 0 aromatic heterocycles. The third-order valence-electron chi connectivity index (χ3n) is 6.03. The third kappa shape index (κ3) is 5.04. The highest BCUT2D eigenvalue weighted by atomic mass is 32.2. The molecule has 0 spiro atoms. The van der Waals surface area contributed by atoms with Crippen molar-refractivity contribution < 1.29 is 22.6 Å². The van der Waals surface area contributed by atoms with E-state index in [0.29, 0.717) is 57.4 Å². The summed E-state index contributed by atoms with van der Waals surface area (Å²) in [7, 11) is -3.61. The summed E-state index contributed by atoms with van der Waals surface area (Å²) in [5.41, 5.74) is 1.07. The maximum atomic E-state index is 13.3. The van der Waals surface area contributed by atoms with Crippen LogP contribution in [0.1, 0.15) is 12.0 Å². The molecule has 34 heavy (non-hydrogen) atoms. The van der Waals surface area contributed by atoms with Gasteiger partial charge < -0.3 is 14.2 Å². The summed E-state index contributed by atoms with van der Waals surface area (Å²) < 4.78 is 45.5. The fourth-order valence-electron chi connectivity index (χ4n) is 4.17. The SMILES string of the molecule is O=S(=O)(c1ccc2c(c1)OCCCO2)N1CCN(Cc2ccccc2Oc2ccccc2)CC1. The summed E-state index contributed by atoms with van der Waals surface area (Å²) in [5.74, 6) is 2.70. The predicted molar refractivity (Wildman–Crippen MR) is 129 cm³/mol. The molecule has 2 heterocycles. The van der Waals surface area contributed by atoms with Crippen LogP contribution in [0.4, 0.5) is 0 Å². The minimum atomic E-state index is -3.61. The Balaban J connectivity index is 1.24. The number of ether oxygens (including phenoxy) is 3. The van der Waals surface area contributed by atoms with Gasteiger partial charge in [0.05, 0.1) is 18.1 Å². The molecule has 8 heteroatoms. The molecule has 0 radical (unpaired) electrons. The molecule has 0 aliphatic carbocycles. The van der Waals surface area contributed by atoms with Gasteiger partial charge in [-0.25, -0.2) is 8.42 Å². The van der Waals surface area contributed by atoms with Crippen LogP contribution in [0.3, 0.4) is 0 Å². The van der Waals surface area contributed by atoms with Crippen molar-refractivity contribution in [2.75, 3.05) is 39.4 Å². The van der Waals surface area contributed by atoms with E-state index in [4.69, 9.17) is 14.2 Å². The lowest BCUT2D eigenvalue weighted by Gasteiger charge is -2.34. The zero-order valence-corrected chi connectivity index (χ0v) is 19.7. The van der Waals surface area contributed by atoms with Crippen molar-refractivity contribution in [2.45, 2.75) is 17.9 Å². The molecule has 0 saturated carbocycles. The lowest BCUT2D eigenvalue weighted by Crippen LogP contribution is -2.48. The molecule has 3 aromatic carbocycles. The molecule has 5 rings (SSSR count). The van der Waals surface area contributed by atoms with Gasteiger partial charge in [0.1, 0.15) is 11.5 Å². The molecule has 3 aromatic rings. The number of para-hydroxylation sites is 2. The Morgan fingerprint density at radius 1 is 0.794 bits per heavy atom. The Bertz CT molecular complexity index is 1220. The van der Waals surface area contributed by atoms with E-state index >= 15 is 0 Å². The number of hydrogen-bond acceptors (Lipinski definition) is 6. The Kier molecular flexibility index (Phi) is 6.71. The van der Waals surface area contributed by atoms with Crippen LogP contribution in [0.5, 0.6) is 23.0 Å². The van der Waals surface area contributed by atoms with Crippen LogP contribution in [-0.4, -0.2) is 57.0 Å². The van der Waals surface area contributed by atoms with Crippen molar-refractivity contribution in [3.05, 3.63) is 78.4 Å². The molecule has 0 unspecified atom stereocenters. The van der Waals surface area contributed by atoms with Crippen molar-refractivity contribution in [3.63, 3.8) is 0 Å². The molecule has 2 aliphatic heterocycles. The summed E-state index contributed by atoms with van der Waals surface area (Å²) in [6, 6.07) is 22.6. The van der Waals surface area contributed by atoms with E-state index < -0.39 is 10.0 Å². The second-order valence-corrected chi connectivity index (χ2v) is 10.3.